The Hall–Kier alpha value is -1.85. The summed E-state index contributed by atoms with van der Waals surface area (Å²) in [6.07, 6.45) is 1.31. The summed E-state index contributed by atoms with van der Waals surface area (Å²) in [5.74, 6) is -1.26. The van der Waals surface area contributed by atoms with Gasteiger partial charge in [0.1, 0.15) is 5.60 Å². The van der Waals surface area contributed by atoms with E-state index in [0.717, 1.165) is 4.90 Å². The molecule has 1 atom stereocenters. The first-order chi connectivity index (χ1) is 8.97. The second-order valence-corrected chi connectivity index (χ2v) is 6.09. The van der Waals surface area contributed by atoms with Gasteiger partial charge in [0.2, 0.25) is 0 Å². The van der Waals surface area contributed by atoms with E-state index in [1.54, 1.807) is 34.6 Å². The molecule has 6 heteroatoms. The summed E-state index contributed by atoms with van der Waals surface area (Å²) in [7, 11) is 0. The summed E-state index contributed by atoms with van der Waals surface area (Å²) in [6, 6.07) is 0. The Kier molecular flexibility index (Phi) is 4.27. The zero-order valence-electron chi connectivity index (χ0n) is 12.7. The topological polar surface area (TPSA) is 72.9 Å². The zero-order valence-corrected chi connectivity index (χ0v) is 12.7. The van der Waals surface area contributed by atoms with Crippen molar-refractivity contribution >= 4 is 18.0 Å². The van der Waals surface area contributed by atoms with Gasteiger partial charge < -0.3 is 9.47 Å². The predicted octanol–water partition coefficient (Wildman–Crippen LogP) is 2.03. The van der Waals surface area contributed by atoms with Crippen molar-refractivity contribution in [2.45, 2.75) is 58.8 Å². The number of carbonyl (C=O) groups excluding carboxylic acids is 3. The Labute approximate surface area is 118 Å². The van der Waals surface area contributed by atoms with Crippen LogP contribution in [0.1, 0.15) is 41.5 Å². The van der Waals surface area contributed by atoms with E-state index in [1.807, 2.05) is 0 Å². The van der Waals surface area contributed by atoms with Crippen molar-refractivity contribution in [2.75, 3.05) is 0 Å². The van der Waals surface area contributed by atoms with Gasteiger partial charge in [0.25, 0.3) is 5.91 Å². The van der Waals surface area contributed by atoms with Crippen LogP contribution in [0.15, 0.2) is 12.2 Å². The van der Waals surface area contributed by atoms with Crippen LogP contribution in [0.2, 0.25) is 0 Å². The van der Waals surface area contributed by atoms with E-state index in [1.165, 1.54) is 19.1 Å². The number of esters is 1. The van der Waals surface area contributed by atoms with E-state index in [9.17, 15) is 14.4 Å². The number of amides is 2. The van der Waals surface area contributed by atoms with Crippen LogP contribution in [0.3, 0.4) is 0 Å². The molecular formula is C14H21NO5. The zero-order chi connectivity index (χ0) is 15.7. The van der Waals surface area contributed by atoms with Crippen molar-refractivity contribution in [3.05, 3.63) is 12.2 Å². The van der Waals surface area contributed by atoms with Crippen LogP contribution in [0.5, 0.6) is 0 Å². The summed E-state index contributed by atoms with van der Waals surface area (Å²) in [6.45, 7) is 9.89. The van der Waals surface area contributed by atoms with Crippen molar-refractivity contribution < 1.29 is 23.9 Å². The van der Waals surface area contributed by atoms with Crippen molar-refractivity contribution in [3.8, 4) is 0 Å². The third-order valence-corrected chi connectivity index (χ3v) is 2.57. The van der Waals surface area contributed by atoms with Crippen molar-refractivity contribution in [3.63, 3.8) is 0 Å². The number of ether oxygens (including phenoxy) is 2. The molecule has 0 spiro atoms. The average molecular weight is 283 g/mol. The molecule has 20 heavy (non-hydrogen) atoms. The lowest BCUT2D eigenvalue weighted by Gasteiger charge is -2.32. The lowest BCUT2D eigenvalue weighted by molar-refractivity contribution is -0.159. The summed E-state index contributed by atoms with van der Waals surface area (Å²) >= 11 is 0. The van der Waals surface area contributed by atoms with E-state index in [4.69, 9.17) is 9.47 Å². The predicted molar refractivity (Wildman–Crippen MR) is 71.9 cm³/mol. The molecule has 2 amide bonds. The van der Waals surface area contributed by atoms with Crippen LogP contribution in [0.25, 0.3) is 0 Å². The quantitative estimate of drug-likeness (QED) is 0.725. The second kappa shape index (κ2) is 5.26. The Morgan fingerprint density at radius 1 is 1.30 bits per heavy atom. The van der Waals surface area contributed by atoms with Gasteiger partial charge in [-0.3, -0.25) is 4.79 Å². The van der Waals surface area contributed by atoms with Gasteiger partial charge >= 0.3 is 12.1 Å². The van der Waals surface area contributed by atoms with E-state index in [0.29, 0.717) is 0 Å². The largest absolute Gasteiger partial charge is 0.461 e. The van der Waals surface area contributed by atoms with Gasteiger partial charge in [-0.15, -0.1) is 0 Å². The number of nitrogens with zero attached hydrogens (tertiary/aromatic N) is 1. The molecule has 1 heterocycles. The Morgan fingerprint density at radius 2 is 1.85 bits per heavy atom. The number of hydrogen-bond acceptors (Lipinski definition) is 5. The third-order valence-electron chi connectivity index (χ3n) is 2.57. The fraction of sp³-hybridized carbons (Fsp3) is 0.643. The van der Waals surface area contributed by atoms with E-state index in [-0.39, 0.29) is 6.10 Å². The summed E-state index contributed by atoms with van der Waals surface area (Å²) in [5.41, 5.74) is -2.23. The monoisotopic (exact) mass is 283 g/mol. The standard InChI is InChI=1S/C14H21NO5/c1-9(2)19-11(17)14(6)8-7-10(16)15(14)12(18)20-13(3,4)5/h7-9H,1-6H3. The summed E-state index contributed by atoms with van der Waals surface area (Å²) < 4.78 is 10.3. The number of carbonyl (C=O) groups is 3. The third kappa shape index (κ3) is 3.37. The first kappa shape index (κ1) is 16.2. The van der Waals surface area contributed by atoms with Gasteiger partial charge in [0.15, 0.2) is 5.54 Å². The summed E-state index contributed by atoms with van der Waals surface area (Å²) in [5, 5.41) is 0. The molecule has 1 aliphatic rings. The van der Waals surface area contributed by atoms with Gasteiger partial charge in [-0.2, -0.15) is 0 Å². The molecule has 112 valence electrons. The van der Waals surface area contributed by atoms with E-state index >= 15 is 0 Å². The molecule has 0 radical (unpaired) electrons. The second-order valence-electron chi connectivity index (χ2n) is 6.09. The molecule has 0 N–H and O–H groups in total. The molecule has 0 bridgehead atoms. The highest BCUT2D eigenvalue weighted by atomic mass is 16.6. The first-order valence-corrected chi connectivity index (χ1v) is 6.45. The van der Waals surface area contributed by atoms with Gasteiger partial charge in [-0.05, 0) is 47.6 Å². The molecule has 0 aromatic heterocycles. The molecule has 6 nitrogen and oxygen atoms in total. The number of imide groups is 1. The molecule has 0 saturated carbocycles. The average Bonchev–Trinajstić information content (AvgIpc) is 2.52. The highest BCUT2D eigenvalue weighted by Gasteiger charge is 2.50. The normalized spacial score (nSPS) is 22.4. The maximum atomic E-state index is 12.1. The first-order valence-electron chi connectivity index (χ1n) is 6.45. The molecule has 0 aliphatic carbocycles. The minimum atomic E-state index is -1.47. The van der Waals surface area contributed by atoms with Gasteiger partial charge in [0.05, 0.1) is 6.10 Å². The molecule has 1 aliphatic heterocycles. The maximum absolute atomic E-state index is 12.1. The number of rotatable bonds is 2. The molecule has 1 rings (SSSR count). The van der Waals surface area contributed by atoms with Crippen LogP contribution in [0.4, 0.5) is 4.79 Å². The molecule has 0 aromatic rings. The maximum Gasteiger partial charge on any atom is 0.418 e. The lowest BCUT2D eigenvalue weighted by atomic mass is 10.0. The minimum Gasteiger partial charge on any atom is -0.461 e. The van der Waals surface area contributed by atoms with Gasteiger partial charge in [0, 0.05) is 6.08 Å². The molecule has 0 saturated heterocycles. The van der Waals surface area contributed by atoms with Crippen LogP contribution in [0, 0.1) is 0 Å². The minimum absolute atomic E-state index is 0.344. The van der Waals surface area contributed by atoms with Crippen molar-refractivity contribution in [2.24, 2.45) is 0 Å². The molecular weight excluding hydrogens is 262 g/mol. The molecule has 0 fully saturated rings. The van der Waals surface area contributed by atoms with Crippen LogP contribution in [-0.4, -0.2) is 40.1 Å². The Bertz CT molecular complexity index is 461. The van der Waals surface area contributed by atoms with Crippen LogP contribution in [-0.2, 0) is 19.1 Å². The highest BCUT2D eigenvalue weighted by molar-refractivity contribution is 6.08. The molecule has 1 unspecified atom stereocenters. The Morgan fingerprint density at radius 3 is 2.30 bits per heavy atom. The SMILES string of the molecule is CC(C)OC(=O)C1(C)C=CC(=O)N1C(=O)OC(C)(C)C. The molecule has 0 aromatic carbocycles. The van der Waals surface area contributed by atoms with Gasteiger partial charge in [-0.25, -0.2) is 14.5 Å². The lowest BCUT2D eigenvalue weighted by Crippen LogP contribution is -2.55. The summed E-state index contributed by atoms with van der Waals surface area (Å²) in [4.78, 5) is 36.9. The fourth-order valence-corrected chi connectivity index (χ4v) is 1.69. The van der Waals surface area contributed by atoms with E-state index in [2.05, 4.69) is 0 Å². The smallest absolute Gasteiger partial charge is 0.418 e. The fourth-order valence-electron chi connectivity index (χ4n) is 1.69. The van der Waals surface area contributed by atoms with Crippen LogP contribution < -0.4 is 0 Å². The highest BCUT2D eigenvalue weighted by Crippen LogP contribution is 2.28. The van der Waals surface area contributed by atoms with E-state index < -0.39 is 29.1 Å². The van der Waals surface area contributed by atoms with Crippen LogP contribution >= 0.6 is 0 Å². The van der Waals surface area contributed by atoms with Gasteiger partial charge in [-0.1, -0.05) is 0 Å². The number of hydrogen-bond donors (Lipinski definition) is 0. The Balaban J connectivity index is 3.01. The van der Waals surface area contributed by atoms with Crippen molar-refractivity contribution in [1.82, 2.24) is 4.90 Å². The van der Waals surface area contributed by atoms with Crippen molar-refractivity contribution in [1.29, 1.82) is 0 Å².